The highest BCUT2D eigenvalue weighted by Crippen LogP contribution is 2.32. The average Bonchev–Trinajstić information content (AvgIpc) is 3.14. The molecule has 1 atom stereocenters. The molecule has 3 aromatic heterocycles. The van der Waals surface area contributed by atoms with Crippen LogP contribution in [0.5, 0.6) is 0 Å². The molecule has 8 heteroatoms. The van der Waals surface area contributed by atoms with Crippen molar-refractivity contribution in [1.82, 2.24) is 15.0 Å². The first-order valence-electron chi connectivity index (χ1n) is 8.57. The van der Waals surface area contributed by atoms with Crippen LogP contribution in [0.25, 0.3) is 21.3 Å². The highest BCUT2D eigenvalue weighted by Gasteiger charge is 2.18. The van der Waals surface area contributed by atoms with E-state index in [1.807, 2.05) is 6.92 Å². The smallest absolute Gasteiger partial charge is 0.246 e. The van der Waals surface area contributed by atoms with Crippen molar-refractivity contribution < 1.29 is 9.21 Å². The Hall–Kier alpha value is -3.00. The topological polar surface area (TPSA) is 92.9 Å². The molecule has 0 bridgehead atoms. The van der Waals surface area contributed by atoms with Crippen LogP contribution in [0.15, 0.2) is 28.9 Å². The van der Waals surface area contributed by atoms with Crippen LogP contribution in [-0.4, -0.2) is 26.9 Å². The summed E-state index contributed by atoms with van der Waals surface area (Å²) in [7, 11) is 0. The van der Waals surface area contributed by atoms with Crippen molar-refractivity contribution in [3.8, 4) is 0 Å². The number of amides is 1. The molecule has 0 aliphatic carbocycles. The van der Waals surface area contributed by atoms with Crippen molar-refractivity contribution in [2.75, 3.05) is 10.6 Å². The summed E-state index contributed by atoms with van der Waals surface area (Å²) < 4.78 is 5.46. The Bertz CT molecular complexity index is 1160. The standard InChI is InChI=1S/C19H19N5O2S/c1-9-11(3)27-19-16(9)17(20-8-21-19)22-10(2)18(25)24-13-5-6-15-14(7-13)23-12(4)26-15/h5-8,10H,1-4H3,(H,24,25)(H,20,21,22). The monoisotopic (exact) mass is 381 g/mol. The van der Waals surface area contributed by atoms with E-state index in [-0.39, 0.29) is 5.91 Å². The number of carbonyl (C=O) groups is 1. The summed E-state index contributed by atoms with van der Waals surface area (Å²) in [6, 6.07) is 4.92. The third kappa shape index (κ3) is 3.23. The lowest BCUT2D eigenvalue weighted by molar-refractivity contribution is -0.116. The van der Waals surface area contributed by atoms with Gasteiger partial charge in [0.2, 0.25) is 5.91 Å². The van der Waals surface area contributed by atoms with Crippen molar-refractivity contribution in [2.45, 2.75) is 33.7 Å². The Kier molecular flexibility index (Phi) is 4.27. The molecule has 1 aromatic carbocycles. The van der Waals surface area contributed by atoms with Crippen molar-refractivity contribution in [2.24, 2.45) is 0 Å². The van der Waals surface area contributed by atoms with Gasteiger partial charge in [0.25, 0.3) is 0 Å². The Morgan fingerprint density at radius 1 is 1.22 bits per heavy atom. The Morgan fingerprint density at radius 3 is 2.85 bits per heavy atom. The molecule has 0 saturated heterocycles. The fourth-order valence-electron chi connectivity index (χ4n) is 2.93. The van der Waals surface area contributed by atoms with Gasteiger partial charge < -0.3 is 15.1 Å². The predicted molar refractivity (Wildman–Crippen MR) is 107 cm³/mol. The van der Waals surface area contributed by atoms with Crippen LogP contribution in [0.2, 0.25) is 0 Å². The molecule has 2 N–H and O–H groups in total. The molecule has 0 radical (unpaired) electrons. The van der Waals surface area contributed by atoms with Crippen LogP contribution in [0, 0.1) is 20.8 Å². The van der Waals surface area contributed by atoms with E-state index in [0.29, 0.717) is 28.5 Å². The second-order valence-corrected chi connectivity index (χ2v) is 7.66. The quantitative estimate of drug-likeness (QED) is 0.550. The molecular formula is C19H19N5O2S. The van der Waals surface area contributed by atoms with Crippen LogP contribution in [-0.2, 0) is 4.79 Å². The summed E-state index contributed by atoms with van der Waals surface area (Å²) in [4.78, 5) is 27.7. The van der Waals surface area contributed by atoms with E-state index >= 15 is 0 Å². The van der Waals surface area contributed by atoms with Gasteiger partial charge in [-0.05, 0) is 44.5 Å². The molecule has 1 amide bonds. The van der Waals surface area contributed by atoms with Gasteiger partial charge in [0.15, 0.2) is 11.5 Å². The summed E-state index contributed by atoms with van der Waals surface area (Å²) >= 11 is 1.63. The van der Waals surface area contributed by atoms with E-state index in [1.165, 1.54) is 11.2 Å². The van der Waals surface area contributed by atoms with Crippen molar-refractivity contribution in [3.05, 3.63) is 40.9 Å². The van der Waals surface area contributed by atoms with Gasteiger partial charge in [-0.25, -0.2) is 15.0 Å². The van der Waals surface area contributed by atoms with Crippen molar-refractivity contribution >= 4 is 50.1 Å². The molecule has 0 fully saturated rings. The predicted octanol–water partition coefficient (Wildman–Crippen LogP) is 4.20. The SMILES string of the molecule is Cc1nc2cc(NC(=O)C(C)Nc3ncnc4sc(C)c(C)c34)ccc2o1. The zero-order valence-electron chi connectivity index (χ0n) is 15.5. The molecule has 138 valence electrons. The molecule has 0 spiro atoms. The summed E-state index contributed by atoms with van der Waals surface area (Å²) in [5, 5.41) is 7.09. The minimum atomic E-state index is -0.475. The molecule has 0 aliphatic rings. The number of aryl methyl sites for hydroxylation is 3. The minimum absolute atomic E-state index is 0.161. The van der Waals surface area contributed by atoms with E-state index in [1.54, 1.807) is 43.4 Å². The Labute approximate surface area is 159 Å². The van der Waals surface area contributed by atoms with Gasteiger partial charge >= 0.3 is 0 Å². The summed E-state index contributed by atoms with van der Waals surface area (Å²) in [5.41, 5.74) is 3.22. The summed E-state index contributed by atoms with van der Waals surface area (Å²) in [6.07, 6.45) is 1.52. The zero-order valence-corrected chi connectivity index (χ0v) is 16.3. The van der Waals surface area contributed by atoms with Crippen LogP contribution in [0.1, 0.15) is 23.3 Å². The zero-order chi connectivity index (χ0) is 19.1. The molecule has 27 heavy (non-hydrogen) atoms. The summed E-state index contributed by atoms with van der Waals surface area (Å²) in [6.45, 7) is 7.70. The number of thiophene rings is 1. The van der Waals surface area contributed by atoms with Crippen LogP contribution < -0.4 is 10.6 Å². The lowest BCUT2D eigenvalue weighted by Gasteiger charge is -2.15. The molecule has 3 heterocycles. The highest BCUT2D eigenvalue weighted by atomic mass is 32.1. The highest BCUT2D eigenvalue weighted by molar-refractivity contribution is 7.18. The van der Waals surface area contributed by atoms with E-state index in [2.05, 4.69) is 32.5 Å². The molecule has 0 saturated carbocycles. The third-order valence-corrected chi connectivity index (χ3v) is 5.59. The fourth-order valence-corrected chi connectivity index (χ4v) is 3.93. The minimum Gasteiger partial charge on any atom is -0.441 e. The number of nitrogens with one attached hydrogen (secondary N) is 2. The fraction of sp³-hybridized carbons (Fsp3) is 0.263. The first kappa shape index (κ1) is 17.4. The van der Waals surface area contributed by atoms with E-state index in [9.17, 15) is 4.79 Å². The van der Waals surface area contributed by atoms with Gasteiger partial charge in [-0.2, -0.15) is 0 Å². The Balaban J connectivity index is 1.54. The lowest BCUT2D eigenvalue weighted by atomic mass is 10.2. The first-order valence-corrected chi connectivity index (χ1v) is 9.39. The average molecular weight is 381 g/mol. The molecule has 0 aliphatic heterocycles. The molecule has 1 unspecified atom stereocenters. The number of anilines is 2. The number of benzene rings is 1. The second kappa shape index (κ2) is 6.62. The van der Waals surface area contributed by atoms with Crippen LogP contribution >= 0.6 is 11.3 Å². The van der Waals surface area contributed by atoms with Gasteiger partial charge in [0, 0.05) is 17.5 Å². The lowest BCUT2D eigenvalue weighted by Crippen LogP contribution is -2.32. The van der Waals surface area contributed by atoms with Crippen molar-refractivity contribution in [1.29, 1.82) is 0 Å². The second-order valence-electron chi connectivity index (χ2n) is 6.46. The van der Waals surface area contributed by atoms with Crippen LogP contribution in [0.4, 0.5) is 11.5 Å². The molecule has 4 aromatic rings. The number of nitrogens with zero attached hydrogens (tertiary/aromatic N) is 3. The van der Waals surface area contributed by atoms with E-state index in [4.69, 9.17) is 4.42 Å². The van der Waals surface area contributed by atoms with Gasteiger partial charge in [-0.3, -0.25) is 4.79 Å². The van der Waals surface area contributed by atoms with Gasteiger partial charge in [-0.1, -0.05) is 0 Å². The number of hydrogen-bond donors (Lipinski definition) is 2. The normalized spacial score (nSPS) is 12.4. The summed E-state index contributed by atoms with van der Waals surface area (Å²) in [5.74, 6) is 1.11. The van der Waals surface area contributed by atoms with Gasteiger partial charge in [0.05, 0.1) is 5.39 Å². The molecule has 4 rings (SSSR count). The van der Waals surface area contributed by atoms with E-state index < -0.39 is 6.04 Å². The number of aromatic nitrogens is 3. The first-order chi connectivity index (χ1) is 12.9. The van der Waals surface area contributed by atoms with Gasteiger partial charge in [0.1, 0.15) is 28.5 Å². The molecule has 7 nitrogen and oxygen atoms in total. The molecular weight excluding hydrogens is 362 g/mol. The van der Waals surface area contributed by atoms with Crippen molar-refractivity contribution in [3.63, 3.8) is 0 Å². The largest absolute Gasteiger partial charge is 0.441 e. The number of fused-ring (bicyclic) bond motifs is 2. The van der Waals surface area contributed by atoms with Crippen LogP contribution in [0.3, 0.4) is 0 Å². The number of carbonyl (C=O) groups excluding carboxylic acids is 1. The van der Waals surface area contributed by atoms with E-state index in [0.717, 1.165) is 15.8 Å². The number of rotatable bonds is 4. The maximum Gasteiger partial charge on any atom is 0.246 e. The Morgan fingerprint density at radius 2 is 2.04 bits per heavy atom. The maximum atomic E-state index is 12.6. The third-order valence-electron chi connectivity index (χ3n) is 4.47. The number of hydrogen-bond acceptors (Lipinski definition) is 7. The maximum absolute atomic E-state index is 12.6. The number of oxazole rings is 1. The van der Waals surface area contributed by atoms with Gasteiger partial charge in [-0.15, -0.1) is 11.3 Å².